The van der Waals surface area contributed by atoms with Crippen LogP contribution in [0.3, 0.4) is 0 Å². The Morgan fingerprint density at radius 3 is 2.50 bits per heavy atom. The maximum Gasteiger partial charge on any atom is 0.238 e. The van der Waals surface area contributed by atoms with Gasteiger partial charge in [-0.05, 0) is 50.9 Å². The first-order valence-corrected chi connectivity index (χ1v) is 10.2. The van der Waals surface area contributed by atoms with E-state index in [1.165, 1.54) is 0 Å². The monoisotopic (exact) mass is 388 g/mol. The number of hydrogen-bond donors (Lipinski definition) is 3. The smallest absolute Gasteiger partial charge is 0.238 e. The van der Waals surface area contributed by atoms with Crippen molar-refractivity contribution in [1.82, 2.24) is 15.5 Å². The van der Waals surface area contributed by atoms with E-state index in [0.29, 0.717) is 13.2 Å². The Balaban J connectivity index is 1.43. The molecule has 7 heteroatoms. The Bertz CT molecular complexity index is 633. The number of hydrogen-bond acceptors (Lipinski definition) is 5. The van der Waals surface area contributed by atoms with Gasteiger partial charge in [0, 0.05) is 31.9 Å². The fourth-order valence-corrected chi connectivity index (χ4v) is 4.12. The lowest BCUT2D eigenvalue weighted by atomic mass is 9.78. The number of carbonyl (C=O) groups is 2. The van der Waals surface area contributed by atoms with Crippen LogP contribution in [0.5, 0.6) is 0 Å². The molecule has 154 valence electrons. The Morgan fingerprint density at radius 2 is 1.86 bits per heavy atom. The number of anilines is 1. The minimum Gasteiger partial charge on any atom is -0.384 e. The fraction of sp³-hybridized carbons (Fsp3) is 0.619. The normalized spacial score (nSPS) is 20.5. The van der Waals surface area contributed by atoms with Crippen molar-refractivity contribution in [3.63, 3.8) is 0 Å². The molecule has 2 heterocycles. The van der Waals surface area contributed by atoms with Gasteiger partial charge in [0.15, 0.2) is 0 Å². The van der Waals surface area contributed by atoms with E-state index >= 15 is 0 Å². The quantitative estimate of drug-likeness (QED) is 0.654. The van der Waals surface area contributed by atoms with Crippen LogP contribution in [0.4, 0.5) is 5.69 Å². The van der Waals surface area contributed by atoms with E-state index in [0.717, 1.165) is 57.5 Å². The van der Waals surface area contributed by atoms with Crippen LogP contribution in [0.2, 0.25) is 0 Å². The third-order valence-electron chi connectivity index (χ3n) is 5.81. The van der Waals surface area contributed by atoms with Gasteiger partial charge in [0.1, 0.15) is 0 Å². The van der Waals surface area contributed by atoms with Crippen molar-refractivity contribution in [2.24, 2.45) is 5.41 Å². The highest BCUT2D eigenvalue weighted by Gasteiger charge is 2.40. The molecule has 1 aromatic rings. The average Bonchev–Trinajstić information content (AvgIpc) is 2.71. The van der Waals surface area contributed by atoms with Crippen LogP contribution < -0.4 is 16.0 Å². The Labute approximate surface area is 167 Å². The SMILES string of the molecule is COCC1(C(=O)NC2CCN(CC(=O)Nc3ccccc3)CC2)CCNCC1. The third kappa shape index (κ3) is 5.53. The summed E-state index contributed by atoms with van der Waals surface area (Å²) in [5, 5.41) is 9.50. The van der Waals surface area contributed by atoms with Crippen LogP contribution in [0.1, 0.15) is 25.7 Å². The van der Waals surface area contributed by atoms with Crippen LogP contribution in [0.25, 0.3) is 0 Å². The van der Waals surface area contributed by atoms with Crippen molar-refractivity contribution in [3.05, 3.63) is 30.3 Å². The van der Waals surface area contributed by atoms with Gasteiger partial charge < -0.3 is 20.7 Å². The van der Waals surface area contributed by atoms with Crippen LogP contribution in [0.15, 0.2) is 30.3 Å². The number of ether oxygens (including phenoxy) is 1. The summed E-state index contributed by atoms with van der Waals surface area (Å²) in [7, 11) is 1.66. The molecule has 0 bridgehead atoms. The number of para-hydroxylation sites is 1. The first kappa shape index (κ1) is 20.8. The van der Waals surface area contributed by atoms with E-state index < -0.39 is 5.41 Å². The number of benzene rings is 1. The highest BCUT2D eigenvalue weighted by atomic mass is 16.5. The summed E-state index contributed by atoms with van der Waals surface area (Å²) in [6.07, 6.45) is 3.35. The van der Waals surface area contributed by atoms with Crippen molar-refractivity contribution in [1.29, 1.82) is 0 Å². The summed E-state index contributed by atoms with van der Waals surface area (Å²) in [6.45, 7) is 4.18. The van der Waals surface area contributed by atoms with Gasteiger partial charge in [-0.25, -0.2) is 0 Å². The van der Waals surface area contributed by atoms with Crippen molar-refractivity contribution in [3.8, 4) is 0 Å². The summed E-state index contributed by atoms with van der Waals surface area (Å²) in [4.78, 5) is 27.3. The van der Waals surface area contributed by atoms with E-state index in [1.54, 1.807) is 7.11 Å². The van der Waals surface area contributed by atoms with Crippen molar-refractivity contribution < 1.29 is 14.3 Å². The first-order valence-electron chi connectivity index (χ1n) is 10.2. The van der Waals surface area contributed by atoms with Crippen molar-refractivity contribution in [2.45, 2.75) is 31.7 Å². The predicted octanol–water partition coefficient (Wildman–Crippen LogP) is 1.22. The zero-order chi connectivity index (χ0) is 19.8. The fourth-order valence-electron chi connectivity index (χ4n) is 4.12. The van der Waals surface area contributed by atoms with Gasteiger partial charge in [0.2, 0.25) is 11.8 Å². The molecule has 2 aliphatic heterocycles. The minimum absolute atomic E-state index is 0.00226. The van der Waals surface area contributed by atoms with Gasteiger partial charge in [-0.15, -0.1) is 0 Å². The molecule has 0 spiro atoms. The molecular weight excluding hydrogens is 356 g/mol. The standard InChI is InChI=1S/C21H32N4O3/c1-28-16-21(9-11-22-12-10-21)20(27)24-18-7-13-25(14-8-18)15-19(26)23-17-5-3-2-4-6-17/h2-6,18,22H,7-16H2,1H3,(H,23,26)(H,24,27). The topological polar surface area (TPSA) is 82.7 Å². The molecule has 2 aliphatic rings. The summed E-state index contributed by atoms with van der Waals surface area (Å²) in [5.41, 5.74) is 0.409. The summed E-state index contributed by atoms with van der Waals surface area (Å²) in [5.74, 6) is 0.124. The maximum atomic E-state index is 12.9. The van der Waals surface area contributed by atoms with Gasteiger partial charge in [-0.3, -0.25) is 14.5 Å². The summed E-state index contributed by atoms with van der Waals surface area (Å²) >= 11 is 0. The number of amides is 2. The number of nitrogens with zero attached hydrogens (tertiary/aromatic N) is 1. The molecule has 2 amide bonds. The average molecular weight is 389 g/mol. The number of methoxy groups -OCH3 is 1. The zero-order valence-corrected chi connectivity index (χ0v) is 16.7. The lowest BCUT2D eigenvalue weighted by molar-refractivity contribution is -0.137. The molecular formula is C21H32N4O3. The van der Waals surface area contributed by atoms with Crippen molar-refractivity contribution in [2.75, 3.05) is 51.8 Å². The molecule has 0 unspecified atom stereocenters. The van der Waals surface area contributed by atoms with Crippen LogP contribution >= 0.6 is 0 Å². The molecule has 0 atom stereocenters. The van der Waals surface area contributed by atoms with Gasteiger partial charge >= 0.3 is 0 Å². The van der Waals surface area contributed by atoms with Gasteiger partial charge in [-0.1, -0.05) is 18.2 Å². The number of rotatable bonds is 7. The molecule has 0 aliphatic carbocycles. The van der Waals surface area contributed by atoms with E-state index in [-0.39, 0.29) is 17.9 Å². The van der Waals surface area contributed by atoms with E-state index in [9.17, 15) is 9.59 Å². The number of likely N-dealkylation sites (tertiary alicyclic amines) is 1. The molecule has 7 nitrogen and oxygen atoms in total. The van der Waals surface area contributed by atoms with Crippen LogP contribution in [-0.4, -0.2) is 69.2 Å². The van der Waals surface area contributed by atoms with Gasteiger partial charge in [0.25, 0.3) is 0 Å². The summed E-state index contributed by atoms with van der Waals surface area (Å²) in [6, 6.07) is 9.68. The van der Waals surface area contributed by atoms with Crippen LogP contribution in [-0.2, 0) is 14.3 Å². The Hall–Kier alpha value is -1.96. The van der Waals surface area contributed by atoms with Gasteiger partial charge in [-0.2, -0.15) is 0 Å². The largest absolute Gasteiger partial charge is 0.384 e. The number of nitrogens with one attached hydrogen (secondary N) is 3. The minimum atomic E-state index is -0.410. The molecule has 3 N–H and O–H groups in total. The molecule has 1 aromatic carbocycles. The zero-order valence-electron chi connectivity index (χ0n) is 16.7. The second-order valence-electron chi connectivity index (χ2n) is 7.90. The van der Waals surface area contributed by atoms with Gasteiger partial charge in [0.05, 0.1) is 18.6 Å². The molecule has 2 saturated heterocycles. The molecule has 28 heavy (non-hydrogen) atoms. The Morgan fingerprint density at radius 1 is 1.18 bits per heavy atom. The lowest BCUT2D eigenvalue weighted by Gasteiger charge is -2.38. The Kier molecular flexibility index (Phi) is 7.42. The molecule has 0 radical (unpaired) electrons. The van der Waals surface area contributed by atoms with E-state index in [2.05, 4.69) is 20.9 Å². The summed E-state index contributed by atoms with van der Waals surface area (Å²) < 4.78 is 5.36. The second-order valence-corrected chi connectivity index (χ2v) is 7.90. The number of piperidine rings is 2. The molecule has 3 rings (SSSR count). The van der Waals surface area contributed by atoms with Crippen molar-refractivity contribution >= 4 is 17.5 Å². The molecule has 2 fully saturated rings. The first-order chi connectivity index (χ1) is 13.6. The second kappa shape index (κ2) is 10.0. The van der Waals surface area contributed by atoms with E-state index in [4.69, 9.17) is 4.74 Å². The van der Waals surface area contributed by atoms with E-state index in [1.807, 2.05) is 30.3 Å². The highest BCUT2D eigenvalue weighted by Crippen LogP contribution is 2.30. The lowest BCUT2D eigenvalue weighted by Crippen LogP contribution is -2.54. The van der Waals surface area contributed by atoms with Crippen LogP contribution in [0, 0.1) is 5.41 Å². The predicted molar refractivity (Wildman–Crippen MR) is 109 cm³/mol. The maximum absolute atomic E-state index is 12.9. The molecule has 0 aromatic heterocycles. The highest BCUT2D eigenvalue weighted by molar-refractivity contribution is 5.92. The molecule has 0 saturated carbocycles. The third-order valence-corrected chi connectivity index (χ3v) is 5.81. The number of carbonyl (C=O) groups excluding carboxylic acids is 2.